The molecule has 106 valence electrons. The minimum atomic E-state index is -0.149. The Hall–Kier alpha value is -0.190. The Kier molecular flexibility index (Phi) is 6.54. The third-order valence-electron chi connectivity index (χ3n) is 3.32. The lowest BCUT2D eigenvalue weighted by atomic mass is 10.0. The minimum absolute atomic E-state index is 0.149. The van der Waals surface area contributed by atoms with E-state index in [1.54, 1.807) is 12.1 Å². The standard InChI is InChI=1S/C15H22FNS2/c1-2-7-17-14(15-11-18-8-9-19-15)10-12-3-5-13(16)6-4-12/h3-6,14-15,17H,2,7-11H2,1H3. The molecule has 1 N–H and O–H groups in total. The molecule has 19 heavy (non-hydrogen) atoms. The van der Waals surface area contributed by atoms with Crippen molar-refractivity contribution in [3.8, 4) is 0 Å². The van der Waals surface area contributed by atoms with E-state index >= 15 is 0 Å². The number of benzene rings is 1. The first-order valence-electron chi connectivity index (χ1n) is 6.96. The molecule has 2 unspecified atom stereocenters. The topological polar surface area (TPSA) is 12.0 Å². The van der Waals surface area contributed by atoms with Crippen molar-refractivity contribution in [2.45, 2.75) is 31.1 Å². The van der Waals surface area contributed by atoms with Crippen LogP contribution in [0, 0.1) is 5.82 Å². The highest BCUT2D eigenvalue weighted by Crippen LogP contribution is 2.28. The Bertz CT molecular complexity index is 363. The lowest BCUT2D eigenvalue weighted by Crippen LogP contribution is -2.43. The summed E-state index contributed by atoms with van der Waals surface area (Å²) in [6.07, 6.45) is 2.16. The Labute approximate surface area is 124 Å². The van der Waals surface area contributed by atoms with Gasteiger partial charge in [-0.15, -0.1) is 0 Å². The summed E-state index contributed by atoms with van der Waals surface area (Å²) in [5.41, 5.74) is 1.23. The fraction of sp³-hybridized carbons (Fsp3) is 0.600. The van der Waals surface area contributed by atoms with Crippen LogP contribution in [0.5, 0.6) is 0 Å². The highest BCUT2D eigenvalue weighted by Gasteiger charge is 2.24. The lowest BCUT2D eigenvalue weighted by Gasteiger charge is -2.30. The predicted octanol–water partition coefficient (Wildman–Crippen LogP) is 3.59. The van der Waals surface area contributed by atoms with Crippen molar-refractivity contribution in [3.63, 3.8) is 0 Å². The highest BCUT2D eigenvalue weighted by molar-refractivity contribution is 8.06. The average molecular weight is 299 g/mol. The van der Waals surface area contributed by atoms with E-state index in [2.05, 4.69) is 35.8 Å². The first kappa shape index (κ1) is 15.2. The van der Waals surface area contributed by atoms with Crippen LogP contribution in [0.3, 0.4) is 0 Å². The zero-order chi connectivity index (χ0) is 13.5. The second-order valence-corrected chi connectivity index (χ2v) is 7.37. The lowest BCUT2D eigenvalue weighted by molar-refractivity contribution is 0.505. The van der Waals surface area contributed by atoms with Gasteiger partial charge >= 0.3 is 0 Å². The number of halogens is 1. The quantitative estimate of drug-likeness (QED) is 0.862. The molecule has 2 rings (SSSR count). The van der Waals surface area contributed by atoms with E-state index in [9.17, 15) is 4.39 Å². The van der Waals surface area contributed by atoms with Gasteiger partial charge in [-0.1, -0.05) is 19.1 Å². The summed E-state index contributed by atoms with van der Waals surface area (Å²) in [6, 6.07) is 7.46. The van der Waals surface area contributed by atoms with E-state index in [0.29, 0.717) is 11.3 Å². The molecule has 1 aliphatic heterocycles. The molecule has 0 aromatic heterocycles. The maximum Gasteiger partial charge on any atom is 0.123 e. The van der Waals surface area contributed by atoms with Crippen LogP contribution >= 0.6 is 23.5 Å². The van der Waals surface area contributed by atoms with E-state index in [4.69, 9.17) is 0 Å². The SMILES string of the molecule is CCCNC(Cc1ccc(F)cc1)C1CSCCS1. The number of hydrogen-bond donors (Lipinski definition) is 1. The number of thioether (sulfide) groups is 2. The van der Waals surface area contributed by atoms with Crippen molar-refractivity contribution in [2.75, 3.05) is 23.8 Å². The molecule has 1 aliphatic rings. The van der Waals surface area contributed by atoms with Crippen molar-refractivity contribution in [1.29, 1.82) is 0 Å². The van der Waals surface area contributed by atoms with Gasteiger partial charge in [-0.2, -0.15) is 23.5 Å². The number of nitrogens with one attached hydrogen (secondary N) is 1. The minimum Gasteiger partial charge on any atom is -0.313 e. The molecule has 4 heteroatoms. The van der Waals surface area contributed by atoms with Crippen LogP contribution in [-0.4, -0.2) is 35.1 Å². The summed E-state index contributed by atoms with van der Waals surface area (Å²) in [7, 11) is 0. The first-order chi connectivity index (χ1) is 9.29. The van der Waals surface area contributed by atoms with E-state index in [0.717, 1.165) is 19.4 Å². The summed E-state index contributed by atoms with van der Waals surface area (Å²) < 4.78 is 13.0. The van der Waals surface area contributed by atoms with Gasteiger partial charge in [0.05, 0.1) is 0 Å². The molecule has 0 aliphatic carbocycles. The molecule has 0 radical (unpaired) electrons. The summed E-state index contributed by atoms with van der Waals surface area (Å²) in [6.45, 7) is 3.26. The van der Waals surface area contributed by atoms with Gasteiger partial charge in [0.25, 0.3) is 0 Å². The van der Waals surface area contributed by atoms with Crippen LogP contribution in [0.4, 0.5) is 4.39 Å². The molecule has 1 heterocycles. The monoisotopic (exact) mass is 299 g/mol. The third kappa shape index (κ3) is 5.01. The van der Waals surface area contributed by atoms with Crippen LogP contribution in [0.15, 0.2) is 24.3 Å². The summed E-state index contributed by atoms with van der Waals surface area (Å²) in [4.78, 5) is 0. The summed E-state index contributed by atoms with van der Waals surface area (Å²) in [5, 5.41) is 4.35. The zero-order valence-corrected chi connectivity index (χ0v) is 13.0. The van der Waals surface area contributed by atoms with Gasteiger partial charge in [-0.05, 0) is 37.1 Å². The van der Waals surface area contributed by atoms with Gasteiger partial charge in [0.15, 0.2) is 0 Å². The summed E-state index contributed by atoms with van der Waals surface area (Å²) >= 11 is 4.14. The molecular weight excluding hydrogens is 277 g/mol. The maximum atomic E-state index is 13.0. The van der Waals surface area contributed by atoms with Crippen molar-refractivity contribution in [3.05, 3.63) is 35.6 Å². The second kappa shape index (κ2) is 8.18. The molecule has 1 saturated heterocycles. The Morgan fingerprint density at radius 1 is 1.32 bits per heavy atom. The first-order valence-corrected chi connectivity index (χ1v) is 9.17. The van der Waals surface area contributed by atoms with Gasteiger partial charge in [-0.3, -0.25) is 0 Å². The van der Waals surface area contributed by atoms with Crippen LogP contribution in [0.1, 0.15) is 18.9 Å². The van der Waals surface area contributed by atoms with E-state index < -0.39 is 0 Å². The van der Waals surface area contributed by atoms with Crippen LogP contribution in [0.25, 0.3) is 0 Å². The van der Waals surface area contributed by atoms with Crippen molar-refractivity contribution in [1.82, 2.24) is 5.32 Å². The Morgan fingerprint density at radius 2 is 2.11 bits per heavy atom. The van der Waals surface area contributed by atoms with Crippen LogP contribution < -0.4 is 5.32 Å². The van der Waals surface area contributed by atoms with Crippen molar-refractivity contribution >= 4 is 23.5 Å². The third-order valence-corrected chi connectivity index (χ3v) is 6.24. The van der Waals surface area contributed by atoms with E-state index in [1.165, 1.54) is 22.8 Å². The van der Waals surface area contributed by atoms with Gasteiger partial charge in [0, 0.05) is 28.6 Å². The molecule has 0 bridgehead atoms. The fourth-order valence-electron chi connectivity index (χ4n) is 2.28. The number of hydrogen-bond acceptors (Lipinski definition) is 3. The second-order valence-electron chi connectivity index (χ2n) is 4.88. The van der Waals surface area contributed by atoms with Gasteiger partial charge in [-0.25, -0.2) is 4.39 Å². The fourth-order valence-corrected chi connectivity index (χ4v) is 5.17. The molecule has 2 atom stereocenters. The maximum absolute atomic E-state index is 13.0. The largest absolute Gasteiger partial charge is 0.313 e. The highest BCUT2D eigenvalue weighted by atomic mass is 32.2. The molecular formula is C15H22FNS2. The predicted molar refractivity (Wildman–Crippen MR) is 85.8 cm³/mol. The van der Waals surface area contributed by atoms with E-state index in [1.807, 2.05) is 12.1 Å². The molecule has 0 saturated carbocycles. The van der Waals surface area contributed by atoms with E-state index in [-0.39, 0.29) is 5.82 Å². The van der Waals surface area contributed by atoms with Gasteiger partial charge < -0.3 is 5.32 Å². The van der Waals surface area contributed by atoms with Crippen LogP contribution in [-0.2, 0) is 6.42 Å². The normalized spacial score (nSPS) is 21.3. The van der Waals surface area contributed by atoms with Crippen LogP contribution in [0.2, 0.25) is 0 Å². The van der Waals surface area contributed by atoms with Crippen molar-refractivity contribution in [2.24, 2.45) is 0 Å². The smallest absolute Gasteiger partial charge is 0.123 e. The van der Waals surface area contributed by atoms with Gasteiger partial charge in [0.2, 0.25) is 0 Å². The molecule has 1 fully saturated rings. The molecule has 1 aromatic carbocycles. The van der Waals surface area contributed by atoms with Crippen molar-refractivity contribution < 1.29 is 4.39 Å². The Morgan fingerprint density at radius 3 is 2.74 bits per heavy atom. The zero-order valence-electron chi connectivity index (χ0n) is 11.4. The molecule has 1 nitrogen and oxygen atoms in total. The molecule has 1 aromatic rings. The van der Waals surface area contributed by atoms with Gasteiger partial charge in [0.1, 0.15) is 5.82 Å². The Balaban J connectivity index is 1.97. The average Bonchev–Trinajstić information content (AvgIpc) is 2.46. The molecule has 0 amide bonds. The summed E-state index contributed by atoms with van der Waals surface area (Å²) in [5.74, 6) is 3.61. The number of rotatable bonds is 6. The molecule has 0 spiro atoms.